The highest BCUT2D eigenvalue weighted by atomic mass is 16.5. The zero-order valence-corrected chi connectivity index (χ0v) is 14.6. The summed E-state index contributed by atoms with van der Waals surface area (Å²) in [6, 6.07) is 0.219. The first-order chi connectivity index (χ1) is 9.76. The highest BCUT2D eigenvalue weighted by Gasteiger charge is 2.37. The van der Waals surface area contributed by atoms with E-state index in [-0.39, 0.29) is 18.1 Å². The van der Waals surface area contributed by atoms with E-state index in [0.717, 1.165) is 18.8 Å². The fraction of sp³-hybridized carbons (Fsp3) is 0.941. The molecule has 0 aromatic carbocycles. The predicted molar refractivity (Wildman–Crippen MR) is 85.3 cm³/mol. The van der Waals surface area contributed by atoms with Gasteiger partial charge in [0.15, 0.2) is 0 Å². The monoisotopic (exact) mass is 299 g/mol. The van der Waals surface area contributed by atoms with Gasteiger partial charge >= 0.3 is 5.97 Å². The van der Waals surface area contributed by atoms with Crippen LogP contribution in [0.2, 0.25) is 0 Å². The van der Waals surface area contributed by atoms with Crippen LogP contribution in [0, 0.1) is 5.92 Å². The van der Waals surface area contributed by atoms with E-state index in [9.17, 15) is 4.79 Å². The van der Waals surface area contributed by atoms with Gasteiger partial charge < -0.3 is 9.47 Å². The maximum absolute atomic E-state index is 12.1. The van der Waals surface area contributed by atoms with E-state index in [1.807, 2.05) is 20.8 Å². The molecule has 21 heavy (non-hydrogen) atoms. The van der Waals surface area contributed by atoms with Gasteiger partial charge in [-0.2, -0.15) is 0 Å². The lowest BCUT2D eigenvalue weighted by atomic mass is 9.88. The number of esters is 1. The second-order valence-electron chi connectivity index (χ2n) is 7.17. The Morgan fingerprint density at radius 2 is 2.00 bits per heavy atom. The van der Waals surface area contributed by atoms with Crippen LogP contribution < -0.4 is 5.32 Å². The molecule has 0 aliphatic heterocycles. The number of hydrogen-bond acceptors (Lipinski definition) is 4. The molecule has 1 aliphatic carbocycles. The second-order valence-corrected chi connectivity index (χ2v) is 7.17. The molecule has 0 bridgehead atoms. The van der Waals surface area contributed by atoms with Gasteiger partial charge in [0.2, 0.25) is 0 Å². The molecule has 0 amide bonds. The Kier molecular flexibility index (Phi) is 7.14. The summed E-state index contributed by atoms with van der Waals surface area (Å²) in [4.78, 5) is 12.1. The summed E-state index contributed by atoms with van der Waals surface area (Å²) in [5.74, 6) is 0.528. The van der Waals surface area contributed by atoms with Gasteiger partial charge in [-0.25, -0.2) is 0 Å². The van der Waals surface area contributed by atoms with Crippen LogP contribution in [-0.4, -0.2) is 36.9 Å². The van der Waals surface area contributed by atoms with Crippen LogP contribution in [0.5, 0.6) is 0 Å². The Morgan fingerprint density at radius 1 is 1.33 bits per heavy atom. The molecule has 4 nitrogen and oxygen atoms in total. The number of methoxy groups -OCH3 is 1. The number of ether oxygens (including phenoxy) is 2. The van der Waals surface area contributed by atoms with Gasteiger partial charge in [-0.05, 0) is 46.5 Å². The van der Waals surface area contributed by atoms with Gasteiger partial charge in [0.25, 0.3) is 0 Å². The molecule has 1 aliphatic rings. The summed E-state index contributed by atoms with van der Waals surface area (Å²) in [6.45, 7) is 10.3. The average Bonchev–Trinajstić information content (AvgIpc) is 2.36. The maximum Gasteiger partial charge on any atom is 0.325 e. The molecule has 4 heteroatoms. The maximum atomic E-state index is 12.1. The molecule has 1 fully saturated rings. The minimum atomic E-state index is -0.692. The van der Waals surface area contributed by atoms with Gasteiger partial charge in [-0.3, -0.25) is 10.1 Å². The first kappa shape index (κ1) is 18.4. The molecule has 4 atom stereocenters. The molecule has 0 spiro atoms. The minimum absolute atomic E-state index is 0.0376. The van der Waals surface area contributed by atoms with E-state index in [4.69, 9.17) is 9.47 Å². The molecular formula is C17H33NO3. The molecule has 1 N–H and O–H groups in total. The smallest absolute Gasteiger partial charge is 0.325 e. The van der Waals surface area contributed by atoms with Crippen LogP contribution in [0.4, 0.5) is 0 Å². The molecule has 1 rings (SSSR count). The zero-order chi connectivity index (χ0) is 16.0. The third-order valence-electron chi connectivity index (χ3n) is 4.25. The highest BCUT2D eigenvalue weighted by molar-refractivity contribution is 5.80. The molecule has 0 aromatic rings. The van der Waals surface area contributed by atoms with Crippen molar-refractivity contribution in [1.29, 1.82) is 0 Å². The van der Waals surface area contributed by atoms with Crippen molar-refractivity contribution in [1.82, 2.24) is 5.32 Å². The third kappa shape index (κ3) is 5.95. The first-order valence-electron chi connectivity index (χ1n) is 8.28. The Hall–Kier alpha value is -0.610. The van der Waals surface area contributed by atoms with Crippen LogP contribution in [0.3, 0.4) is 0 Å². The van der Waals surface area contributed by atoms with Crippen LogP contribution in [0.15, 0.2) is 0 Å². The largest absolute Gasteiger partial charge is 0.468 e. The summed E-state index contributed by atoms with van der Waals surface area (Å²) in [5, 5.41) is 3.33. The molecule has 0 aromatic heterocycles. The van der Waals surface area contributed by atoms with Crippen molar-refractivity contribution in [3.8, 4) is 0 Å². The van der Waals surface area contributed by atoms with E-state index < -0.39 is 5.54 Å². The molecule has 0 saturated heterocycles. The Bertz CT molecular complexity index is 332. The third-order valence-corrected chi connectivity index (χ3v) is 4.25. The van der Waals surface area contributed by atoms with Gasteiger partial charge in [0.05, 0.1) is 19.3 Å². The molecular weight excluding hydrogens is 266 g/mol. The van der Waals surface area contributed by atoms with Gasteiger partial charge in [-0.1, -0.05) is 19.8 Å². The fourth-order valence-electron chi connectivity index (χ4n) is 3.52. The summed E-state index contributed by atoms with van der Waals surface area (Å²) in [6.07, 6.45) is 5.83. The quantitative estimate of drug-likeness (QED) is 0.733. The summed E-state index contributed by atoms with van der Waals surface area (Å²) in [7, 11) is 1.44. The average molecular weight is 299 g/mol. The van der Waals surface area contributed by atoms with E-state index in [1.54, 1.807) is 0 Å². The summed E-state index contributed by atoms with van der Waals surface area (Å²) >= 11 is 0. The van der Waals surface area contributed by atoms with Gasteiger partial charge in [-0.15, -0.1) is 0 Å². The minimum Gasteiger partial charge on any atom is -0.468 e. The molecule has 0 heterocycles. The molecule has 1 saturated carbocycles. The Labute approximate surface area is 130 Å². The second kappa shape index (κ2) is 8.14. The van der Waals surface area contributed by atoms with Gasteiger partial charge in [0.1, 0.15) is 5.54 Å². The topological polar surface area (TPSA) is 47.6 Å². The number of rotatable bonds is 7. The van der Waals surface area contributed by atoms with Crippen molar-refractivity contribution < 1.29 is 14.3 Å². The van der Waals surface area contributed by atoms with E-state index in [1.165, 1.54) is 20.0 Å². The first-order valence-corrected chi connectivity index (χ1v) is 8.28. The van der Waals surface area contributed by atoms with Crippen molar-refractivity contribution in [2.24, 2.45) is 5.92 Å². The molecule has 4 unspecified atom stereocenters. The van der Waals surface area contributed by atoms with Crippen LogP contribution in [0.1, 0.15) is 66.7 Å². The SMILES string of the molecule is COC(=O)C(C)(CC(C)OC1CCCC(C)C1)NC(C)C. The number of carbonyl (C=O) groups excluding carboxylic acids is 1. The van der Waals surface area contributed by atoms with E-state index in [0.29, 0.717) is 12.5 Å². The van der Waals surface area contributed by atoms with Crippen molar-refractivity contribution in [2.75, 3.05) is 7.11 Å². The Morgan fingerprint density at radius 3 is 2.52 bits per heavy atom. The van der Waals surface area contributed by atoms with E-state index >= 15 is 0 Å². The molecule has 0 radical (unpaired) electrons. The van der Waals surface area contributed by atoms with Crippen molar-refractivity contribution in [3.05, 3.63) is 0 Å². The fourth-order valence-corrected chi connectivity index (χ4v) is 3.52. The van der Waals surface area contributed by atoms with Crippen LogP contribution in [0.25, 0.3) is 0 Å². The Balaban J connectivity index is 2.58. The van der Waals surface area contributed by atoms with Crippen molar-refractivity contribution in [2.45, 2.75) is 90.5 Å². The van der Waals surface area contributed by atoms with Crippen LogP contribution in [-0.2, 0) is 14.3 Å². The lowest BCUT2D eigenvalue weighted by Crippen LogP contribution is -2.54. The normalized spacial score (nSPS) is 27.2. The predicted octanol–water partition coefficient (Wildman–Crippen LogP) is 3.29. The lowest BCUT2D eigenvalue weighted by Gasteiger charge is -2.35. The number of nitrogens with one attached hydrogen (secondary N) is 1. The summed E-state index contributed by atoms with van der Waals surface area (Å²) < 4.78 is 11.2. The van der Waals surface area contributed by atoms with Gasteiger partial charge in [0, 0.05) is 12.5 Å². The number of hydrogen-bond donors (Lipinski definition) is 1. The number of carbonyl (C=O) groups is 1. The lowest BCUT2D eigenvalue weighted by molar-refractivity contribution is -0.150. The summed E-state index contributed by atoms with van der Waals surface area (Å²) in [5.41, 5.74) is -0.692. The van der Waals surface area contributed by atoms with Crippen molar-refractivity contribution >= 4 is 5.97 Å². The van der Waals surface area contributed by atoms with E-state index in [2.05, 4.69) is 19.2 Å². The molecule has 124 valence electrons. The standard InChI is InChI=1S/C17H33NO3/c1-12(2)18-17(5,16(19)20-6)11-14(4)21-15-9-7-8-13(3)10-15/h12-15,18H,7-11H2,1-6H3. The van der Waals surface area contributed by atoms with Crippen LogP contribution >= 0.6 is 0 Å². The zero-order valence-electron chi connectivity index (χ0n) is 14.6. The van der Waals surface area contributed by atoms with Crippen molar-refractivity contribution in [3.63, 3.8) is 0 Å². The highest BCUT2D eigenvalue weighted by Crippen LogP contribution is 2.28.